The zero-order valence-corrected chi connectivity index (χ0v) is 17.1. The summed E-state index contributed by atoms with van der Waals surface area (Å²) in [6.07, 6.45) is 3.83. The summed E-state index contributed by atoms with van der Waals surface area (Å²) < 4.78 is 5.32. The highest BCUT2D eigenvalue weighted by molar-refractivity contribution is 6.23. The van der Waals surface area contributed by atoms with E-state index in [0.29, 0.717) is 34.5 Å². The first-order valence-electron chi connectivity index (χ1n) is 10.2. The second-order valence-corrected chi connectivity index (χ2v) is 8.51. The van der Waals surface area contributed by atoms with Crippen LogP contribution < -0.4 is 10.1 Å². The van der Waals surface area contributed by atoms with Crippen LogP contribution in [-0.2, 0) is 19.2 Å². The van der Waals surface area contributed by atoms with Gasteiger partial charge in [-0.1, -0.05) is 11.6 Å². The molecule has 0 saturated carbocycles. The average Bonchev–Trinajstić information content (AvgIpc) is 3.05. The van der Waals surface area contributed by atoms with Crippen molar-refractivity contribution in [2.75, 3.05) is 7.11 Å². The van der Waals surface area contributed by atoms with Crippen molar-refractivity contribution < 1.29 is 29.0 Å². The van der Waals surface area contributed by atoms with Gasteiger partial charge in [0.05, 0.1) is 18.9 Å². The molecule has 7 heteroatoms. The minimum absolute atomic E-state index is 0.0271. The van der Waals surface area contributed by atoms with Crippen LogP contribution in [0.2, 0.25) is 0 Å². The van der Waals surface area contributed by atoms with Crippen molar-refractivity contribution in [1.82, 2.24) is 5.32 Å². The Morgan fingerprint density at radius 2 is 1.87 bits per heavy atom. The average molecular weight is 419 g/mol. The van der Waals surface area contributed by atoms with Crippen molar-refractivity contribution in [2.24, 2.45) is 17.8 Å². The van der Waals surface area contributed by atoms with Gasteiger partial charge in [-0.05, 0) is 50.0 Å². The molecule has 1 saturated heterocycles. The number of carbonyl (C=O) groups excluding carboxylic acids is 4. The molecule has 158 valence electrons. The molecule has 1 aromatic rings. The number of phenols is 1. The van der Waals surface area contributed by atoms with Crippen molar-refractivity contribution in [3.8, 4) is 11.5 Å². The van der Waals surface area contributed by atoms with E-state index in [-0.39, 0.29) is 35.6 Å². The van der Waals surface area contributed by atoms with E-state index >= 15 is 0 Å². The van der Waals surface area contributed by atoms with Gasteiger partial charge in [-0.15, -0.1) is 0 Å². The summed E-state index contributed by atoms with van der Waals surface area (Å²) in [5.41, 5.74) is 2.29. The number of rotatable bonds is 2. The van der Waals surface area contributed by atoms with Gasteiger partial charge in [-0.25, -0.2) is 0 Å². The van der Waals surface area contributed by atoms with Gasteiger partial charge in [0.1, 0.15) is 11.5 Å². The van der Waals surface area contributed by atoms with Crippen LogP contribution in [0.4, 0.5) is 0 Å². The lowest BCUT2D eigenvalue weighted by molar-refractivity contribution is -0.126. The predicted molar refractivity (Wildman–Crippen MR) is 109 cm³/mol. The summed E-state index contributed by atoms with van der Waals surface area (Å²) in [7, 11) is 1.51. The molecule has 5 rings (SSSR count). The smallest absolute Gasteiger partial charge is 0.231 e. The van der Waals surface area contributed by atoms with Gasteiger partial charge in [0.25, 0.3) is 0 Å². The molecule has 4 aliphatic rings. The lowest BCUT2D eigenvalue weighted by Crippen LogP contribution is -2.39. The number of benzene rings is 1. The molecule has 7 nitrogen and oxygen atoms in total. The van der Waals surface area contributed by atoms with Gasteiger partial charge < -0.3 is 9.84 Å². The molecule has 4 atom stereocenters. The number of hydrogen-bond donors (Lipinski definition) is 2. The number of imide groups is 1. The summed E-state index contributed by atoms with van der Waals surface area (Å²) in [5, 5.41) is 13.1. The molecule has 0 aromatic heterocycles. The van der Waals surface area contributed by atoms with Crippen LogP contribution in [0.1, 0.15) is 31.2 Å². The zero-order valence-electron chi connectivity index (χ0n) is 17.1. The number of carbonyl (C=O) groups is 4. The molecule has 0 radical (unpaired) electrons. The fourth-order valence-corrected chi connectivity index (χ4v) is 5.52. The third-order valence-corrected chi connectivity index (χ3v) is 6.95. The third kappa shape index (κ3) is 2.72. The maximum atomic E-state index is 13.2. The molecule has 2 N–H and O–H groups in total. The van der Waals surface area contributed by atoms with E-state index in [9.17, 15) is 24.3 Å². The van der Waals surface area contributed by atoms with Crippen LogP contribution >= 0.6 is 0 Å². The first-order chi connectivity index (χ1) is 14.8. The van der Waals surface area contributed by atoms with E-state index < -0.39 is 23.7 Å². The molecular formula is C24H21NO6. The van der Waals surface area contributed by atoms with Crippen LogP contribution in [0.15, 0.2) is 52.6 Å². The number of hydrogen-bond acceptors (Lipinski definition) is 6. The molecule has 1 fully saturated rings. The molecule has 3 aliphatic carbocycles. The van der Waals surface area contributed by atoms with Crippen LogP contribution in [0, 0.1) is 17.8 Å². The number of phenolic OH excluding ortho intramolecular Hbond substituents is 1. The van der Waals surface area contributed by atoms with Crippen molar-refractivity contribution in [3.63, 3.8) is 0 Å². The number of nitrogens with one attached hydrogen (secondary N) is 1. The SMILES string of the molecule is COc1ccc(O)c([C@H]2C3=CC[C@@H]4C(=O)NC(=O)[C@@H]4[C@@H]3CC3=C2C(=O)C(C)=CC3=O)c1. The van der Waals surface area contributed by atoms with Gasteiger partial charge in [-0.3, -0.25) is 24.5 Å². The highest BCUT2D eigenvalue weighted by Crippen LogP contribution is 2.55. The molecular weight excluding hydrogens is 398 g/mol. The van der Waals surface area contributed by atoms with E-state index in [2.05, 4.69) is 5.32 Å². The monoisotopic (exact) mass is 419 g/mol. The fraction of sp³-hybridized carbons (Fsp3) is 0.333. The Balaban J connectivity index is 1.75. The largest absolute Gasteiger partial charge is 0.508 e. The quantitative estimate of drug-likeness (QED) is 0.432. The van der Waals surface area contributed by atoms with Gasteiger partial charge in [0.2, 0.25) is 11.8 Å². The van der Waals surface area contributed by atoms with Crippen molar-refractivity contribution in [3.05, 3.63) is 58.2 Å². The number of fused-ring (bicyclic) bond motifs is 3. The Bertz CT molecular complexity index is 1170. The molecule has 1 aliphatic heterocycles. The summed E-state index contributed by atoms with van der Waals surface area (Å²) >= 11 is 0. The maximum Gasteiger partial charge on any atom is 0.231 e. The number of Topliss-reactive ketones (excluding diaryl/α,β-unsaturated/α-hetero) is 1. The first kappa shape index (κ1) is 19.5. The second-order valence-electron chi connectivity index (χ2n) is 8.51. The van der Waals surface area contributed by atoms with Crippen LogP contribution in [-0.4, -0.2) is 35.6 Å². The van der Waals surface area contributed by atoms with E-state index in [0.717, 1.165) is 5.57 Å². The Morgan fingerprint density at radius 1 is 1.10 bits per heavy atom. The molecule has 1 aromatic carbocycles. The Morgan fingerprint density at radius 3 is 2.61 bits per heavy atom. The Hall–Kier alpha value is -3.48. The van der Waals surface area contributed by atoms with Crippen LogP contribution in [0.25, 0.3) is 0 Å². The van der Waals surface area contributed by atoms with E-state index in [1.165, 1.54) is 19.3 Å². The number of allylic oxidation sites excluding steroid dienone is 6. The van der Waals surface area contributed by atoms with Crippen molar-refractivity contribution in [1.29, 1.82) is 0 Å². The number of methoxy groups -OCH3 is 1. The molecule has 2 amide bonds. The number of aromatic hydroxyl groups is 1. The number of ketones is 2. The minimum Gasteiger partial charge on any atom is -0.508 e. The van der Waals surface area contributed by atoms with Crippen LogP contribution in [0.5, 0.6) is 11.5 Å². The van der Waals surface area contributed by atoms with E-state index in [4.69, 9.17) is 4.74 Å². The van der Waals surface area contributed by atoms with E-state index in [1.54, 1.807) is 19.1 Å². The summed E-state index contributed by atoms with van der Waals surface area (Å²) in [6, 6.07) is 4.76. The molecule has 0 unspecified atom stereocenters. The topological polar surface area (TPSA) is 110 Å². The molecule has 31 heavy (non-hydrogen) atoms. The Kier molecular flexibility index (Phi) is 4.25. The highest BCUT2D eigenvalue weighted by Gasteiger charge is 2.53. The molecule has 0 spiro atoms. The van der Waals surface area contributed by atoms with Crippen molar-refractivity contribution in [2.45, 2.75) is 25.7 Å². The highest BCUT2D eigenvalue weighted by atomic mass is 16.5. The first-order valence-corrected chi connectivity index (χ1v) is 10.2. The van der Waals surface area contributed by atoms with Gasteiger partial charge in [-0.2, -0.15) is 0 Å². The standard InChI is InChI=1S/C24H21NO6/c1-10-7-18(27)16-9-14-12(4-5-13-20(14)24(30)25-23(13)29)19(21(16)22(10)28)15-8-11(31-2)3-6-17(15)26/h3-4,6-8,13-14,19-20,26H,5,9H2,1-2H3,(H,25,29,30)/t13-,14+,19+,20-/m0/s1. The lowest BCUT2D eigenvalue weighted by atomic mass is 9.59. The number of amides is 2. The zero-order chi connectivity index (χ0) is 22.0. The van der Waals surface area contributed by atoms with Gasteiger partial charge in [0.15, 0.2) is 11.6 Å². The summed E-state index contributed by atoms with van der Waals surface area (Å²) in [6.45, 7) is 1.60. The Labute approximate surface area is 178 Å². The normalized spacial score (nSPS) is 29.6. The fourth-order valence-electron chi connectivity index (χ4n) is 5.52. The molecule has 1 heterocycles. The third-order valence-electron chi connectivity index (χ3n) is 6.95. The molecule has 0 bridgehead atoms. The number of ether oxygens (including phenoxy) is 1. The van der Waals surface area contributed by atoms with E-state index in [1.807, 2.05) is 6.08 Å². The maximum absolute atomic E-state index is 13.2. The van der Waals surface area contributed by atoms with Gasteiger partial charge >= 0.3 is 0 Å². The summed E-state index contributed by atoms with van der Waals surface area (Å²) in [4.78, 5) is 51.0. The second kappa shape index (κ2) is 6.77. The summed E-state index contributed by atoms with van der Waals surface area (Å²) in [5.74, 6) is -2.82. The van der Waals surface area contributed by atoms with Gasteiger partial charge in [0, 0.05) is 28.2 Å². The lowest BCUT2D eigenvalue weighted by Gasteiger charge is -2.42. The predicted octanol–water partition coefficient (Wildman–Crippen LogP) is 2.12. The van der Waals surface area contributed by atoms with Crippen LogP contribution in [0.3, 0.4) is 0 Å². The van der Waals surface area contributed by atoms with Crippen molar-refractivity contribution >= 4 is 23.4 Å². The minimum atomic E-state index is -0.687.